The number of H-pyrrole nitrogens is 1. The van der Waals surface area contributed by atoms with E-state index in [1.807, 2.05) is 19.1 Å². The molecule has 0 saturated heterocycles. The van der Waals surface area contributed by atoms with Crippen molar-refractivity contribution in [3.63, 3.8) is 0 Å². The average molecular weight is 242 g/mol. The summed E-state index contributed by atoms with van der Waals surface area (Å²) in [5, 5.41) is 8.49. The number of rotatable bonds is 1. The minimum Gasteiger partial charge on any atom is -0.382 e. The SMILES string of the molecule is Cc1cc(N)nnc1-c1ccc2c(F)c[nH]c2c1. The number of nitrogens with one attached hydrogen (secondary N) is 1. The van der Waals surface area contributed by atoms with Gasteiger partial charge in [0.1, 0.15) is 11.6 Å². The molecular formula is C13H11FN4. The fraction of sp³-hybridized carbons (Fsp3) is 0.0769. The van der Waals surface area contributed by atoms with Crippen molar-refractivity contribution in [1.29, 1.82) is 0 Å². The van der Waals surface area contributed by atoms with Gasteiger partial charge in [-0.2, -0.15) is 0 Å². The monoisotopic (exact) mass is 242 g/mol. The first kappa shape index (κ1) is 10.7. The van der Waals surface area contributed by atoms with Gasteiger partial charge in [0.15, 0.2) is 0 Å². The van der Waals surface area contributed by atoms with Crippen LogP contribution in [0.1, 0.15) is 5.56 Å². The highest BCUT2D eigenvalue weighted by molar-refractivity contribution is 5.85. The van der Waals surface area contributed by atoms with Gasteiger partial charge in [-0.1, -0.05) is 6.07 Å². The summed E-state index contributed by atoms with van der Waals surface area (Å²) >= 11 is 0. The van der Waals surface area contributed by atoms with E-state index in [4.69, 9.17) is 5.73 Å². The first-order valence-corrected chi connectivity index (χ1v) is 5.52. The Kier molecular flexibility index (Phi) is 2.26. The van der Waals surface area contributed by atoms with E-state index >= 15 is 0 Å². The Morgan fingerprint density at radius 1 is 1.22 bits per heavy atom. The van der Waals surface area contributed by atoms with Gasteiger partial charge in [-0.15, -0.1) is 10.2 Å². The number of nitrogens with two attached hydrogens (primary N) is 1. The van der Waals surface area contributed by atoms with Crippen LogP contribution in [-0.2, 0) is 0 Å². The zero-order valence-corrected chi connectivity index (χ0v) is 9.74. The molecule has 0 saturated carbocycles. The number of nitrogens with zero attached hydrogens (tertiary/aromatic N) is 2. The molecule has 5 heteroatoms. The number of aryl methyl sites for hydroxylation is 1. The summed E-state index contributed by atoms with van der Waals surface area (Å²) in [6.45, 7) is 1.92. The number of halogens is 1. The number of nitrogen functional groups attached to an aromatic ring is 1. The number of hydrogen-bond donors (Lipinski definition) is 2. The van der Waals surface area contributed by atoms with Crippen molar-refractivity contribution < 1.29 is 4.39 Å². The molecule has 3 aromatic rings. The van der Waals surface area contributed by atoms with Gasteiger partial charge >= 0.3 is 0 Å². The van der Waals surface area contributed by atoms with Gasteiger partial charge in [-0.3, -0.25) is 0 Å². The maximum absolute atomic E-state index is 13.3. The second kappa shape index (κ2) is 3.80. The molecule has 0 aliphatic carbocycles. The molecule has 0 aliphatic rings. The Balaban J connectivity index is 2.19. The van der Waals surface area contributed by atoms with Crippen molar-refractivity contribution in [3.05, 3.63) is 41.8 Å². The second-order valence-corrected chi connectivity index (χ2v) is 4.20. The van der Waals surface area contributed by atoms with Crippen LogP contribution in [0.5, 0.6) is 0 Å². The molecular weight excluding hydrogens is 231 g/mol. The third kappa shape index (κ3) is 1.60. The molecule has 0 unspecified atom stereocenters. The van der Waals surface area contributed by atoms with Gasteiger partial charge < -0.3 is 10.7 Å². The molecule has 0 radical (unpaired) electrons. The van der Waals surface area contributed by atoms with Crippen molar-refractivity contribution in [1.82, 2.24) is 15.2 Å². The Hall–Kier alpha value is -2.43. The lowest BCUT2D eigenvalue weighted by molar-refractivity contribution is 0.639. The molecule has 2 aromatic heterocycles. The number of aromatic amines is 1. The lowest BCUT2D eigenvalue weighted by Gasteiger charge is -2.04. The van der Waals surface area contributed by atoms with Crippen molar-refractivity contribution in [2.45, 2.75) is 6.92 Å². The van der Waals surface area contributed by atoms with Crippen LogP contribution in [0.3, 0.4) is 0 Å². The summed E-state index contributed by atoms with van der Waals surface area (Å²) in [4.78, 5) is 2.88. The van der Waals surface area contributed by atoms with E-state index in [9.17, 15) is 4.39 Å². The highest BCUT2D eigenvalue weighted by Gasteiger charge is 2.08. The number of anilines is 1. The third-order valence-corrected chi connectivity index (χ3v) is 2.91. The van der Waals surface area contributed by atoms with E-state index in [-0.39, 0.29) is 5.82 Å². The predicted octanol–water partition coefficient (Wildman–Crippen LogP) is 2.65. The molecule has 0 spiro atoms. The fourth-order valence-corrected chi connectivity index (χ4v) is 2.03. The number of hydrogen-bond acceptors (Lipinski definition) is 3. The number of aromatic nitrogens is 3. The van der Waals surface area contributed by atoms with Crippen LogP contribution in [0.25, 0.3) is 22.2 Å². The lowest BCUT2D eigenvalue weighted by Crippen LogP contribution is -1.97. The smallest absolute Gasteiger partial charge is 0.148 e. The highest BCUT2D eigenvalue weighted by Crippen LogP contribution is 2.26. The van der Waals surface area contributed by atoms with E-state index in [1.165, 1.54) is 6.20 Å². The topological polar surface area (TPSA) is 67.6 Å². The van der Waals surface area contributed by atoms with Crippen molar-refractivity contribution >= 4 is 16.7 Å². The fourth-order valence-electron chi connectivity index (χ4n) is 2.03. The molecule has 0 aliphatic heterocycles. The van der Waals surface area contributed by atoms with Gasteiger partial charge in [0, 0.05) is 22.7 Å². The first-order chi connectivity index (χ1) is 8.65. The molecule has 2 heterocycles. The highest BCUT2D eigenvalue weighted by atomic mass is 19.1. The van der Waals surface area contributed by atoms with Crippen molar-refractivity contribution in [2.75, 3.05) is 5.73 Å². The van der Waals surface area contributed by atoms with E-state index in [0.717, 1.165) is 22.3 Å². The maximum Gasteiger partial charge on any atom is 0.148 e. The molecule has 0 fully saturated rings. The summed E-state index contributed by atoms with van der Waals surface area (Å²) in [5.74, 6) is 0.139. The predicted molar refractivity (Wildman–Crippen MR) is 68.4 cm³/mol. The summed E-state index contributed by atoms with van der Waals surface area (Å²) in [7, 11) is 0. The largest absolute Gasteiger partial charge is 0.382 e. The quantitative estimate of drug-likeness (QED) is 0.689. The normalized spacial score (nSPS) is 11.0. The van der Waals surface area contributed by atoms with Gasteiger partial charge in [0.05, 0.1) is 5.69 Å². The average Bonchev–Trinajstić information content (AvgIpc) is 2.71. The summed E-state index contributed by atoms with van der Waals surface area (Å²) in [5.41, 5.74) is 8.88. The van der Waals surface area contributed by atoms with Crippen LogP contribution in [0.2, 0.25) is 0 Å². The van der Waals surface area contributed by atoms with E-state index in [0.29, 0.717) is 11.2 Å². The van der Waals surface area contributed by atoms with Crippen molar-refractivity contribution in [3.8, 4) is 11.3 Å². The van der Waals surface area contributed by atoms with Crippen LogP contribution in [0.4, 0.5) is 10.2 Å². The maximum atomic E-state index is 13.3. The minimum atomic E-state index is -0.253. The molecule has 1 aromatic carbocycles. The lowest BCUT2D eigenvalue weighted by atomic mass is 10.1. The minimum absolute atomic E-state index is 0.253. The Bertz CT molecular complexity index is 733. The van der Waals surface area contributed by atoms with E-state index in [1.54, 1.807) is 12.1 Å². The second-order valence-electron chi connectivity index (χ2n) is 4.20. The standard InChI is InChI=1S/C13H11FN4/c1-7-4-12(15)17-18-13(7)8-2-3-9-10(14)6-16-11(9)5-8/h2-6,16H,1H3,(H2,15,17). The van der Waals surface area contributed by atoms with Crippen LogP contribution < -0.4 is 5.73 Å². The van der Waals surface area contributed by atoms with Crippen molar-refractivity contribution in [2.24, 2.45) is 0 Å². The van der Waals surface area contributed by atoms with Gasteiger partial charge in [0.2, 0.25) is 0 Å². The van der Waals surface area contributed by atoms with Crippen LogP contribution >= 0.6 is 0 Å². The van der Waals surface area contributed by atoms with Crippen LogP contribution in [0, 0.1) is 12.7 Å². The summed E-state index contributed by atoms with van der Waals surface area (Å²) in [6.07, 6.45) is 1.34. The first-order valence-electron chi connectivity index (χ1n) is 5.52. The van der Waals surface area contributed by atoms with Gasteiger partial charge in [-0.05, 0) is 30.7 Å². The van der Waals surface area contributed by atoms with Gasteiger partial charge in [-0.25, -0.2) is 4.39 Å². The number of fused-ring (bicyclic) bond motifs is 1. The zero-order chi connectivity index (χ0) is 12.7. The van der Waals surface area contributed by atoms with Gasteiger partial charge in [0.25, 0.3) is 0 Å². The molecule has 90 valence electrons. The third-order valence-electron chi connectivity index (χ3n) is 2.91. The number of benzene rings is 1. The molecule has 3 rings (SSSR count). The van der Waals surface area contributed by atoms with Crippen LogP contribution in [0.15, 0.2) is 30.5 Å². The molecule has 0 amide bonds. The summed E-state index contributed by atoms with van der Waals surface area (Å²) in [6, 6.07) is 7.17. The Labute approximate surface area is 103 Å². The van der Waals surface area contributed by atoms with Crippen LogP contribution in [-0.4, -0.2) is 15.2 Å². The van der Waals surface area contributed by atoms with E-state index in [2.05, 4.69) is 15.2 Å². The molecule has 4 nitrogen and oxygen atoms in total. The Morgan fingerprint density at radius 2 is 2.06 bits per heavy atom. The van der Waals surface area contributed by atoms with E-state index < -0.39 is 0 Å². The molecule has 18 heavy (non-hydrogen) atoms. The molecule has 0 bridgehead atoms. The zero-order valence-electron chi connectivity index (χ0n) is 9.74. The Morgan fingerprint density at radius 3 is 2.83 bits per heavy atom. The summed E-state index contributed by atoms with van der Waals surface area (Å²) < 4.78 is 13.3. The molecule has 3 N–H and O–H groups in total. The molecule has 0 atom stereocenters.